The molecule has 0 saturated heterocycles. The molecule has 1 unspecified atom stereocenters. The van der Waals surface area contributed by atoms with Gasteiger partial charge in [-0.25, -0.2) is 4.79 Å². The standard InChI is InChI=1S/C22H20F3NO2/c1-3-4-16-9-14(2)10-17(12-16)20(22(23,24)25)8-6-15-5-7-19(21(27)28)18(11-15)13-26/h5-12,20H,3-4H2,1-2H3,(H,27,28)/b8-6+. The number of hydrogen-bond donors (Lipinski definition) is 1. The van der Waals surface area contributed by atoms with Crippen molar-refractivity contribution >= 4 is 12.0 Å². The highest BCUT2D eigenvalue weighted by Crippen LogP contribution is 2.37. The van der Waals surface area contributed by atoms with Crippen LogP contribution >= 0.6 is 0 Å². The molecule has 2 aromatic carbocycles. The number of carboxylic acid groups (broad SMARTS) is 1. The number of alkyl halides is 3. The average Bonchev–Trinajstić information content (AvgIpc) is 2.60. The maximum absolute atomic E-state index is 13.7. The highest BCUT2D eigenvalue weighted by Gasteiger charge is 2.39. The summed E-state index contributed by atoms with van der Waals surface area (Å²) in [4.78, 5) is 11.1. The van der Waals surface area contributed by atoms with E-state index in [1.54, 1.807) is 19.1 Å². The molecule has 2 rings (SSSR count). The van der Waals surface area contributed by atoms with Gasteiger partial charge in [0.1, 0.15) is 6.07 Å². The number of carboxylic acids is 1. The van der Waals surface area contributed by atoms with Crippen LogP contribution in [0.4, 0.5) is 13.2 Å². The summed E-state index contributed by atoms with van der Waals surface area (Å²) in [5.74, 6) is -3.06. The number of hydrogen-bond acceptors (Lipinski definition) is 2. The van der Waals surface area contributed by atoms with Crippen LogP contribution in [0.3, 0.4) is 0 Å². The van der Waals surface area contributed by atoms with Gasteiger partial charge >= 0.3 is 12.1 Å². The third-order valence-corrected chi connectivity index (χ3v) is 4.29. The summed E-state index contributed by atoms with van der Waals surface area (Å²) >= 11 is 0. The zero-order valence-corrected chi connectivity index (χ0v) is 15.5. The molecule has 28 heavy (non-hydrogen) atoms. The minimum atomic E-state index is -4.48. The predicted octanol–water partition coefficient (Wildman–Crippen LogP) is 5.88. The van der Waals surface area contributed by atoms with E-state index in [4.69, 9.17) is 10.4 Å². The maximum Gasteiger partial charge on any atom is 0.399 e. The summed E-state index contributed by atoms with van der Waals surface area (Å²) < 4.78 is 41.1. The van der Waals surface area contributed by atoms with E-state index in [1.807, 2.05) is 13.0 Å². The summed E-state index contributed by atoms with van der Waals surface area (Å²) in [5.41, 5.74) is 1.83. The molecular weight excluding hydrogens is 367 g/mol. The second-order valence-electron chi connectivity index (χ2n) is 6.60. The second-order valence-corrected chi connectivity index (χ2v) is 6.60. The van der Waals surface area contributed by atoms with Gasteiger partial charge in [-0.15, -0.1) is 0 Å². The predicted molar refractivity (Wildman–Crippen MR) is 101 cm³/mol. The molecule has 0 radical (unpaired) electrons. The van der Waals surface area contributed by atoms with Gasteiger partial charge in [0, 0.05) is 0 Å². The lowest BCUT2D eigenvalue weighted by molar-refractivity contribution is -0.139. The molecule has 3 nitrogen and oxygen atoms in total. The Bertz CT molecular complexity index is 940. The number of carbonyl (C=O) groups is 1. The normalized spacial score (nSPS) is 12.7. The van der Waals surface area contributed by atoms with Crippen LogP contribution in [0.15, 0.2) is 42.5 Å². The van der Waals surface area contributed by atoms with Gasteiger partial charge < -0.3 is 5.11 Å². The van der Waals surface area contributed by atoms with Gasteiger partial charge in [0.05, 0.1) is 17.0 Å². The van der Waals surface area contributed by atoms with Gasteiger partial charge in [0.2, 0.25) is 0 Å². The Balaban J connectivity index is 2.44. The lowest BCUT2D eigenvalue weighted by Crippen LogP contribution is -2.19. The van der Waals surface area contributed by atoms with E-state index < -0.39 is 18.1 Å². The van der Waals surface area contributed by atoms with Crippen LogP contribution < -0.4 is 0 Å². The minimum Gasteiger partial charge on any atom is -0.478 e. The van der Waals surface area contributed by atoms with E-state index in [2.05, 4.69) is 0 Å². The van der Waals surface area contributed by atoms with Gasteiger partial charge in [-0.1, -0.05) is 55.3 Å². The fourth-order valence-corrected chi connectivity index (χ4v) is 3.07. The molecule has 6 heteroatoms. The molecule has 1 atom stereocenters. The third kappa shape index (κ3) is 5.23. The first-order chi connectivity index (χ1) is 13.2. The number of rotatable bonds is 6. The van der Waals surface area contributed by atoms with Gasteiger partial charge in [0.25, 0.3) is 0 Å². The van der Waals surface area contributed by atoms with E-state index in [-0.39, 0.29) is 16.7 Å². The zero-order valence-electron chi connectivity index (χ0n) is 15.5. The van der Waals surface area contributed by atoms with E-state index in [0.717, 1.165) is 23.6 Å². The van der Waals surface area contributed by atoms with Crippen molar-refractivity contribution in [1.82, 2.24) is 0 Å². The number of aryl methyl sites for hydroxylation is 2. The molecule has 1 N–H and O–H groups in total. The van der Waals surface area contributed by atoms with Crippen LogP contribution in [0.1, 0.15) is 57.4 Å². The summed E-state index contributed by atoms with van der Waals surface area (Å²) in [6.45, 7) is 3.74. The molecule has 0 aliphatic heterocycles. The molecule has 2 aromatic rings. The molecule has 0 aromatic heterocycles. The number of aromatic carboxylic acids is 1. The van der Waals surface area contributed by atoms with Crippen molar-refractivity contribution in [1.29, 1.82) is 5.26 Å². The third-order valence-electron chi connectivity index (χ3n) is 4.29. The molecule has 0 amide bonds. The van der Waals surface area contributed by atoms with Crippen molar-refractivity contribution in [2.24, 2.45) is 0 Å². The summed E-state index contributed by atoms with van der Waals surface area (Å²) in [6, 6.07) is 10.6. The van der Waals surface area contributed by atoms with Crippen molar-refractivity contribution in [2.45, 2.75) is 38.8 Å². The van der Waals surface area contributed by atoms with Crippen molar-refractivity contribution < 1.29 is 23.1 Å². The molecule has 0 aliphatic rings. The van der Waals surface area contributed by atoms with Gasteiger partial charge in [-0.2, -0.15) is 18.4 Å². The molecule has 0 spiro atoms. The lowest BCUT2D eigenvalue weighted by Gasteiger charge is -2.19. The van der Waals surface area contributed by atoms with Crippen LogP contribution in [0, 0.1) is 18.3 Å². The molecule has 0 heterocycles. The zero-order chi connectivity index (χ0) is 20.9. The van der Waals surface area contributed by atoms with Crippen molar-refractivity contribution in [3.63, 3.8) is 0 Å². The van der Waals surface area contributed by atoms with E-state index >= 15 is 0 Å². The SMILES string of the molecule is CCCc1cc(C)cc(C(/C=C/c2ccc(C(=O)O)c(C#N)c2)C(F)(F)F)c1. The van der Waals surface area contributed by atoms with Crippen LogP contribution in [0.2, 0.25) is 0 Å². The largest absolute Gasteiger partial charge is 0.478 e. The molecule has 0 saturated carbocycles. The number of nitriles is 1. The van der Waals surface area contributed by atoms with Crippen LogP contribution in [0.25, 0.3) is 6.08 Å². The van der Waals surface area contributed by atoms with E-state index in [1.165, 1.54) is 30.3 Å². The Morgan fingerprint density at radius 1 is 1.25 bits per heavy atom. The first-order valence-corrected chi connectivity index (χ1v) is 8.78. The summed E-state index contributed by atoms with van der Waals surface area (Å²) in [7, 11) is 0. The van der Waals surface area contributed by atoms with Crippen LogP contribution in [0.5, 0.6) is 0 Å². The smallest absolute Gasteiger partial charge is 0.399 e. The number of halogens is 3. The molecule has 0 fully saturated rings. The average molecular weight is 387 g/mol. The fraction of sp³-hybridized carbons (Fsp3) is 0.273. The van der Waals surface area contributed by atoms with E-state index in [9.17, 15) is 18.0 Å². The summed E-state index contributed by atoms with van der Waals surface area (Å²) in [5, 5.41) is 18.1. The Hall–Kier alpha value is -3.07. The Morgan fingerprint density at radius 3 is 2.54 bits per heavy atom. The van der Waals surface area contributed by atoms with Crippen molar-refractivity contribution in [2.75, 3.05) is 0 Å². The first kappa shape index (κ1) is 21.2. The lowest BCUT2D eigenvalue weighted by atomic mass is 9.92. The van der Waals surface area contributed by atoms with Gasteiger partial charge in [-0.05, 0) is 42.2 Å². The topological polar surface area (TPSA) is 61.1 Å². The Labute approximate surface area is 161 Å². The molecule has 0 bridgehead atoms. The van der Waals surface area contributed by atoms with Gasteiger partial charge in [-0.3, -0.25) is 0 Å². The van der Waals surface area contributed by atoms with Crippen LogP contribution in [-0.4, -0.2) is 17.3 Å². The number of nitrogens with zero attached hydrogens (tertiary/aromatic N) is 1. The number of allylic oxidation sites excluding steroid dienone is 1. The van der Waals surface area contributed by atoms with Gasteiger partial charge in [0.15, 0.2) is 0 Å². The quantitative estimate of drug-likeness (QED) is 0.674. The molecule has 0 aliphatic carbocycles. The number of benzene rings is 2. The van der Waals surface area contributed by atoms with Crippen molar-refractivity contribution in [3.8, 4) is 6.07 Å². The van der Waals surface area contributed by atoms with E-state index in [0.29, 0.717) is 12.0 Å². The van der Waals surface area contributed by atoms with Crippen molar-refractivity contribution in [3.05, 3.63) is 75.9 Å². The highest BCUT2D eigenvalue weighted by atomic mass is 19.4. The minimum absolute atomic E-state index is 0.0982. The second kappa shape index (κ2) is 8.75. The first-order valence-electron chi connectivity index (χ1n) is 8.78. The highest BCUT2D eigenvalue weighted by molar-refractivity contribution is 5.91. The maximum atomic E-state index is 13.7. The monoisotopic (exact) mass is 387 g/mol. The Kier molecular flexibility index (Phi) is 6.63. The molecular formula is C22H20F3NO2. The van der Waals surface area contributed by atoms with Crippen LogP contribution in [-0.2, 0) is 6.42 Å². The molecule has 146 valence electrons. The fourth-order valence-electron chi connectivity index (χ4n) is 3.07. The summed E-state index contributed by atoms with van der Waals surface area (Å²) in [6.07, 6.45) is -0.631. The Morgan fingerprint density at radius 2 is 1.96 bits per heavy atom.